The number of nitrogens with zero attached hydrogens (tertiary/aromatic N) is 2. The molecule has 0 saturated carbocycles. The zero-order valence-corrected chi connectivity index (χ0v) is 10.6. The lowest BCUT2D eigenvalue weighted by Gasteiger charge is -2.12. The van der Waals surface area contributed by atoms with Crippen LogP contribution in [-0.2, 0) is 19.3 Å². The van der Waals surface area contributed by atoms with Crippen LogP contribution in [0.25, 0.3) is 0 Å². The Kier molecular flexibility index (Phi) is 3.85. The molecule has 0 aliphatic heterocycles. The molecule has 92 valence electrons. The minimum atomic E-state index is 0.662. The number of aryl methyl sites for hydroxylation is 1. The van der Waals surface area contributed by atoms with Crippen molar-refractivity contribution in [3.63, 3.8) is 0 Å². The van der Waals surface area contributed by atoms with Gasteiger partial charge in [-0.2, -0.15) is 5.26 Å². The Morgan fingerprint density at radius 2 is 2.06 bits per heavy atom. The van der Waals surface area contributed by atoms with Gasteiger partial charge in [-0.25, -0.2) is 0 Å². The summed E-state index contributed by atoms with van der Waals surface area (Å²) in [5.41, 5.74) is 4.02. The van der Waals surface area contributed by atoms with Gasteiger partial charge >= 0.3 is 0 Å². The van der Waals surface area contributed by atoms with Gasteiger partial charge in [0.05, 0.1) is 11.6 Å². The second kappa shape index (κ2) is 5.56. The molecule has 0 amide bonds. The first-order valence-corrected chi connectivity index (χ1v) is 6.45. The maximum absolute atomic E-state index is 9.35. The molecule has 0 atom stereocenters. The van der Waals surface area contributed by atoms with Crippen LogP contribution in [0.3, 0.4) is 0 Å². The van der Waals surface area contributed by atoms with Crippen molar-refractivity contribution in [2.75, 3.05) is 0 Å². The first-order chi connectivity index (χ1) is 8.81. The van der Waals surface area contributed by atoms with Gasteiger partial charge < -0.3 is 4.74 Å². The zero-order chi connectivity index (χ0) is 13.0. The summed E-state index contributed by atoms with van der Waals surface area (Å²) in [4.78, 5) is 0. The molecule has 2 rings (SSSR count). The van der Waals surface area contributed by atoms with E-state index >= 15 is 0 Å². The maximum atomic E-state index is 9.35. The fourth-order valence-corrected chi connectivity index (χ4v) is 2.65. The third-order valence-electron chi connectivity index (χ3n) is 3.51. The summed E-state index contributed by atoms with van der Waals surface area (Å²) in [6.45, 7) is 2.13. The van der Waals surface area contributed by atoms with Crippen molar-refractivity contribution >= 4 is 0 Å². The Morgan fingerprint density at radius 1 is 1.28 bits per heavy atom. The van der Waals surface area contributed by atoms with Crippen molar-refractivity contribution < 1.29 is 4.74 Å². The molecule has 1 aliphatic carbocycles. The number of fused-ring (bicyclic) bond motifs is 1. The highest BCUT2D eigenvalue weighted by atomic mass is 16.5. The minimum absolute atomic E-state index is 0.662. The first-order valence-electron chi connectivity index (χ1n) is 6.45. The van der Waals surface area contributed by atoms with E-state index in [4.69, 9.17) is 10.00 Å². The Morgan fingerprint density at radius 3 is 2.72 bits per heavy atom. The first kappa shape index (κ1) is 12.5. The van der Waals surface area contributed by atoms with Gasteiger partial charge in [-0.1, -0.05) is 13.3 Å². The van der Waals surface area contributed by atoms with E-state index in [1.807, 2.05) is 6.07 Å². The summed E-state index contributed by atoms with van der Waals surface area (Å²) in [7, 11) is 0. The van der Waals surface area contributed by atoms with Gasteiger partial charge in [0, 0.05) is 5.56 Å². The van der Waals surface area contributed by atoms with E-state index in [2.05, 4.69) is 13.0 Å². The van der Waals surface area contributed by atoms with Crippen molar-refractivity contribution in [1.29, 1.82) is 10.5 Å². The molecule has 3 nitrogen and oxygen atoms in total. The van der Waals surface area contributed by atoms with Crippen LogP contribution in [0, 0.1) is 22.8 Å². The lowest BCUT2D eigenvalue weighted by Crippen LogP contribution is -2.00. The van der Waals surface area contributed by atoms with Crippen molar-refractivity contribution in [3.8, 4) is 18.1 Å². The molecule has 0 fully saturated rings. The highest BCUT2D eigenvalue weighted by Crippen LogP contribution is 2.35. The number of rotatable bonds is 4. The van der Waals surface area contributed by atoms with Crippen LogP contribution in [-0.4, -0.2) is 0 Å². The zero-order valence-electron chi connectivity index (χ0n) is 10.6. The molecule has 1 aromatic rings. The van der Waals surface area contributed by atoms with Crippen molar-refractivity contribution in [3.05, 3.63) is 28.3 Å². The molecule has 1 aliphatic rings. The van der Waals surface area contributed by atoms with E-state index in [1.165, 1.54) is 0 Å². The average molecular weight is 240 g/mol. The van der Waals surface area contributed by atoms with Crippen LogP contribution >= 0.6 is 0 Å². The third-order valence-corrected chi connectivity index (χ3v) is 3.51. The van der Waals surface area contributed by atoms with Gasteiger partial charge in [-0.15, -0.1) is 5.26 Å². The maximum Gasteiger partial charge on any atom is 0.292 e. The van der Waals surface area contributed by atoms with Gasteiger partial charge in [-0.3, -0.25) is 0 Å². The molecule has 0 bridgehead atoms. The summed E-state index contributed by atoms with van der Waals surface area (Å²) in [5, 5.41) is 18.1. The number of hydrogen-bond donors (Lipinski definition) is 0. The van der Waals surface area contributed by atoms with E-state index in [0.717, 1.165) is 60.8 Å². The van der Waals surface area contributed by atoms with Crippen LogP contribution in [0.1, 0.15) is 48.4 Å². The van der Waals surface area contributed by atoms with Crippen LogP contribution < -0.4 is 4.74 Å². The van der Waals surface area contributed by atoms with Crippen molar-refractivity contribution in [2.45, 2.75) is 45.4 Å². The molecule has 0 N–H and O–H groups in total. The van der Waals surface area contributed by atoms with E-state index in [0.29, 0.717) is 5.75 Å². The summed E-state index contributed by atoms with van der Waals surface area (Å²) in [6.07, 6.45) is 7.67. The fourth-order valence-electron chi connectivity index (χ4n) is 2.65. The van der Waals surface area contributed by atoms with Crippen LogP contribution in [0.15, 0.2) is 6.07 Å². The summed E-state index contributed by atoms with van der Waals surface area (Å²) in [6, 6.07) is 4.23. The molecular formula is C15H16N2O. The molecule has 0 saturated heterocycles. The minimum Gasteiger partial charge on any atom is -0.388 e. The summed E-state index contributed by atoms with van der Waals surface area (Å²) >= 11 is 0. The normalized spacial score (nSPS) is 12.6. The van der Waals surface area contributed by atoms with E-state index in [1.54, 1.807) is 6.26 Å². The quantitative estimate of drug-likeness (QED) is 0.759. The Hall–Kier alpha value is -2.00. The number of unbranched alkanes of at least 4 members (excludes halogenated alkanes) is 1. The van der Waals surface area contributed by atoms with Gasteiger partial charge in [0.25, 0.3) is 6.26 Å². The van der Waals surface area contributed by atoms with Crippen LogP contribution in [0.4, 0.5) is 0 Å². The molecule has 1 aromatic carbocycles. The van der Waals surface area contributed by atoms with E-state index in [-0.39, 0.29) is 0 Å². The monoisotopic (exact) mass is 240 g/mol. The highest BCUT2D eigenvalue weighted by Gasteiger charge is 2.22. The van der Waals surface area contributed by atoms with E-state index < -0.39 is 0 Å². The predicted molar refractivity (Wildman–Crippen MR) is 68.0 cm³/mol. The molecule has 0 radical (unpaired) electrons. The van der Waals surface area contributed by atoms with Gasteiger partial charge in [-0.05, 0) is 49.3 Å². The number of nitriles is 2. The molecule has 0 aromatic heterocycles. The average Bonchev–Trinajstić information content (AvgIpc) is 2.86. The van der Waals surface area contributed by atoms with Gasteiger partial charge in [0.1, 0.15) is 5.75 Å². The molecule has 0 heterocycles. The van der Waals surface area contributed by atoms with E-state index in [9.17, 15) is 5.26 Å². The largest absolute Gasteiger partial charge is 0.388 e. The molecular weight excluding hydrogens is 224 g/mol. The third kappa shape index (κ3) is 2.17. The second-order valence-electron chi connectivity index (χ2n) is 4.63. The lowest BCUT2D eigenvalue weighted by molar-refractivity contribution is 0.500. The van der Waals surface area contributed by atoms with Crippen molar-refractivity contribution in [1.82, 2.24) is 0 Å². The topological polar surface area (TPSA) is 56.8 Å². The summed E-state index contributed by atoms with van der Waals surface area (Å²) in [5.74, 6) is 0.662. The molecule has 0 spiro atoms. The second-order valence-corrected chi connectivity index (χ2v) is 4.63. The number of ether oxygens (including phenoxy) is 1. The highest BCUT2D eigenvalue weighted by molar-refractivity contribution is 5.56. The number of hydrogen-bond acceptors (Lipinski definition) is 3. The Bertz CT molecular complexity index is 535. The van der Waals surface area contributed by atoms with Gasteiger partial charge in [0.2, 0.25) is 0 Å². The van der Waals surface area contributed by atoms with Gasteiger partial charge in [0.15, 0.2) is 0 Å². The number of benzene rings is 1. The van der Waals surface area contributed by atoms with Crippen LogP contribution in [0.2, 0.25) is 0 Å². The molecule has 3 heteroatoms. The van der Waals surface area contributed by atoms with Crippen LogP contribution in [0.5, 0.6) is 5.75 Å². The fraction of sp³-hybridized carbons (Fsp3) is 0.467. The predicted octanol–water partition coefficient (Wildman–Crippen LogP) is 3.25. The standard InChI is InChI=1S/C15H16N2O/c1-2-3-5-11-8-15(18-10-17)13-7-4-6-12(13)14(11)9-16/h8H,2-7H2,1H3. The van der Waals surface area contributed by atoms with Crippen molar-refractivity contribution in [2.24, 2.45) is 0 Å². The SMILES string of the molecule is CCCCc1cc(OC#N)c2c(c1C#N)CCC2. The molecule has 0 unspecified atom stereocenters. The lowest BCUT2D eigenvalue weighted by atomic mass is 9.94. The Labute approximate surface area is 108 Å². The molecule has 18 heavy (non-hydrogen) atoms. The summed E-state index contributed by atoms with van der Waals surface area (Å²) < 4.78 is 5.06. The Balaban J connectivity index is 2.50. The smallest absolute Gasteiger partial charge is 0.292 e.